The number of hydrogen-bond donors (Lipinski definition) is 2. The van der Waals surface area contributed by atoms with Crippen LogP contribution >= 0.6 is 12.6 Å². The van der Waals surface area contributed by atoms with Crippen LogP contribution in [0.3, 0.4) is 0 Å². The second kappa shape index (κ2) is 5.62. The van der Waals surface area contributed by atoms with Crippen LogP contribution in [0.5, 0.6) is 5.75 Å². The number of phenolic OH excluding ortho intramolecular Hbond substituents is 1. The minimum Gasteiger partial charge on any atom is -0.508 e. The lowest BCUT2D eigenvalue weighted by molar-refractivity contribution is -0.0303. The van der Waals surface area contributed by atoms with Gasteiger partial charge in [-0.2, -0.15) is 13.2 Å². The Morgan fingerprint density at radius 2 is 1.76 bits per heavy atom. The van der Waals surface area contributed by atoms with E-state index in [1.807, 2.05) is 0 Å². The monoisotopic (exact) mass is 268 g/mol. The van der Waals surface area contributed by atoms with Gasteiger partial charge >= 0.3 is 5.51 Å². The number of aromatic hydroxyl groups is 1. The molecule has 0 amide bonds. The lowest BCUT2D eigenvalue weighted by Gasteiger charge is -2.26. The summed E-state index contributed by atoms with van der Waals surface area (Å²) < 4.78 is 43.8. The molecule has 0 bridgehead atoms. The van der Waals surface area contributed by atoms with Gasteiger partial charge < -0.3 is 5.11 Å². The average molecular weight is 268 g/mol. The zero-order valence-electron chi connectivity index (χ0n) is 8.84. The fraction of sp³-hybridized carbons (Fsp3) is 0.455. The van der Waals surface area contributed by atoms with Crippen molar-refractivity contribution < 1.29 is 22.7 Å². The van der Waals surface area contributed by atoms with E-state index in [9.17, 15) is 22.7 Å². The summed E-state index contributed by atoms with van der Waals surface area (Å²) in [7, 11) is 0. The van der Waals surface area contributed by atoms with E-state index < -0.39 is 5.51 Å². The van der Waals surface area contributed by atoms with E-state index in [-0.39, 0.29) is 17.5 Å². The summed E-state index contributed by atoms with van der Waals surface area (Å²) >= 11 is 2.12. The van der Waals surface area contributed by atoms with Crippen molar-refractivity contribution in [3.8, 4) is 5.75 Å². The van der Waals surface area contributed by atoms with Gasteiger partial charge in [0.15, 0.2) is 0 Å². The predicted molar refractivity (Wildman–Crippen MR) is 59.7 cm³/mol. The Labute approximate surface area is 102 Å². The molecule has 1 aromatic carbocycles. The number of thiol groups is 1. The number of halogens is 4. The molecule has 0 spiro atoms. The molecule has 17 heavy (non-hydrogen) atoms. The lowest BCUT2D eigenvalue weighted by Crippen LogP contribution is -2.10. The maximum absolute atomic E-state index is 13.2. The number of hydrogen-bond acceptors (Lipinski definition) is 2. The van der Waals surface area contributed by atoms with E-state index in [0.717, 1.165) is 19.3 Å². The van der Waals surface area contributed by atoms with Crippen molar-refractivity contribution in [2.45, 2.75) is 30.7 Å². The summed E-state index contributed by atoms with van der Waals surface area (Å²) in [5, 5.41) is 9.39. The fourth-order valence-corrected chi connectivity index (χ4v) is 1.63. The largest absolute Gasteiger partial charge is 0.508 e. The summed E-state index contributed by atoms with van der Waals surface area (Å²) in [6, 6.07) is 4.50. The lowest BCUT2D eigenvalue weighted by atomic mass is 9.79. The Hall–Kier alpha value is -0.910. The molecule has 0 unspecified atom stereocenters. The zero-order chi connectivity index (χ0) is 13.1. The molecule has 1 aromatic rings. The molecule has 1 aliphatic carbocycles. The molecule has 0 atom stereocenters. The van der Waals surface area contributed by atoms with Crippen molar-refractivity contribution in [3.05, 3.63) is 29.6 Å². The molecule has 1 fully saturated rings. The Morgan fingerprint density at radius 3 is 2.12 bits per heavy atom. The molecule has 1 aliphatic rings. The molecule has 0 saturated heterocycles. The van der Waals surface area contributed by atoms with Gasteiger partial charge in [-0.25, -0.2) is 4.39 Å². The Balaban J connectivity index is 0.000000249. The molecule has 1 saturated carbocycles. The Morgan fingerprint density at radius 1 is 1.24 bits per heavy atom. The first-order valence-electron chi connectivity index (χ1n) is 5.05. The van der Waals surface area contributed by atoms with Crippen LogP contribution < -0.4 is 0 Å². The van der Waals surface area contributed by atoms with Crippen molar-refractivity contribution in [1.29, 1.82) is 0 Å². The van der Waals surface area contributed by atoms with Gasteiger partial charge in [0.1, 0.15) is 11.6 Å². The maximum atomic E-state index is 13.2. The second-order valence-corrected chi connectivity index (χ2v) is 4.28. The van der Waals surface area contributed by atoms with Crippen molar-refractivity contribution in [2.75, 3.05) is 0 Å². The van der Waals surface area contributed by atoms with E-state index in [1.54, 1.807) is 6.07 Å². The number of phenols is 1. The molecular formula is C11H12F4OS. The summed E-state index contributed by atoms with van der Waals surface area (Å²) in [5.41, 5.74) is -3.79. The quantitative estimate of drug-likeness (QED) is 0.576. The van der Waals surface area contributed by atoms with Crippen LogP contribution in [0, 0.1) is 5.82 Å². The van der Waals surface area contributed by atoms with Gasteiger partial charge in [-0.1, -0.05) is 25.1 Å². The second-order valence-electron chi connectivity index (χ2n) is 3.77. The van der Waals surface area contributed by atoms with Crippen molar-refractivity contribution >= 4 is 12.6 Å². The minimum absolute atomic E-state index is 0.111. The molecule has 0 aromatic heterocycles. The van der Waals surface area contributed by atoms with Crippen LogP contribution in [0.1, 0.15) is 30.7 Å². The van der Waals surface area contributed by atoms with Crippen molar-refractivity contribution in [1.82, 2.24) is 0 Å². The third-order valence-corrected chi connectivity index (χ3v) is 2.54. The summed E-state index contributed by atoms with van der Waals surface area (Å²) in [6.07, 6.45) is 3.17. The highest BCUT2D eigenvalue weighted by molar-refractivity contribution is 7.81. The van der Waals surface area contributed by atoms with E-state index in [0.29, 0.717) is 5.56 Å². The van der Waals surface area contributed by atoms with Crippen molar-refractivity contribution in [2.24, 2.45) is 0 Å². The topological polar surface area (TPSA) is 20.2 Å². The fourth-order valence-electron chi connectivity index (χ4n) is 1.63. The van der Waals surface area contributed by atoms with Crippen LogP contribution in [-0.2, 0) is 0 Å². The molecule has 2 rings (SSSR count). The van der Waals surface area contributed by atoms with E-state index in [4.69, 9.17) is 0 Å². The molecule has 96 valence electrons. The molecule has 0 heterocycles. The number of alkyl halides is 3. The van der Waals surface area contributed by atoms with E-state index in [2.05, 4.69) is 12.6 Å². The highest BCUT2D eigenvalue weighted by Crippen LogP contribution is 2.41. The molecule has 1 nitrogen and oxygen atoms in total. The SMILES string of the molecule is FC(F)(F)S.Oc1cccc(F)c1C1CCC1. The zero-order valence-corrected chi connectivity index (χ0v) is 9.73. The van der Waals surface area contributed by atoms with Gasteiger partial charge in [-0.3, -0.25) is 0 Å². The third-order valence-electron chi connectivity index (χ3n) is 2.54. The van der Waals surface area contributed by atoms with E-state index >= 15 is 0 Å². The van der Waals surface area contributed by atoms with Crippen LogP contribution in [0.15, 0.2) is 18.2 Å². The van der Waals surface area contributed by atoms with Gasteiger partial charge in [-0.15, -0.1) is 0 Å². The summed E-state index contributed by atoms with van der Waals surface area (Å²) in [5.74, 6) is 0.102. The van der Waals surface area contributed by atoms with Gasteiger partial charge in [0.05, 0.1) is 0 Å². The molecule has 6 heteroatoms. The molecule has 0 radical (unpaired) electrons. The first kappa shape index (κ1) is 14.2. The highest BCUT2D eigenvalue weighted by atomic mass is 32.1. The first-order valence-corrected chi connectivity index (χ1v) is 5.50. The van der Waals surface area contributed by atoms with Gasteiger partial charge in [0.2, 0.25) is 0 Å². The van der Waals surface area contributed by atoms with Crippen LogP contribution in [0.25, 0.3) is 0 Å². The number of rotatable bonds is 1. The van der Waals surface area contributed by atoms with Gasteiger partial charge in [0, 0.05) is 5.56 Å². The van der Waals surface area contributed by atoms with Crippen LogP contribution in [0.4, 0.5) is 17.6 Å². The van der Waals surface area contributed by atoms with Crippen LogP contribution in [0.2, 0.25) is 0 Å². The maximum Gasteiger partial charge on any atom is 0.438 e. The number of benzene rings is 1. The third kappa shape index (κ3) is 4.85. The Bertz CT molecular complexity index is 348. The standard InChI is InChI=1S/C10H11FO.CHF3S/c11-8-5-2-6-9(12)10(8)7-3-1-4-7;2-1(3,4)5/h2,5-7,12H,1,3-4H2;5H. The van der Waals surface area contributed by atoms with Crippen molar-refractivity contribution in [3.63, 3.8) is 0 Å². The van der Waals surface area contributed by atoms with E-state index in [1.165, 1.54) is 12.1 Å². The molecule has 0 aliphatic heterocycles. The molecule has 1 N–H and O–H groups in total. The first-order chi connectivity index (χ1) is 7.79. The normalized spacial score (nSPS) is 15.8. The van der Waals surface area contributed by atoms with Gasteiger partial charge in [0.25, 0.3) is 0 Å². The summed E-state index contributed by atoms with van der Waals surface area (Å²) in [6.45, 7) is 0. The minimum atomic E-state index is -4.31. The average Bonchev–Trinajstić information content (AvgIpc) is 2.05. The summed E-state index contributed by atoms with van der Waals surface area (Å²) in [4.78, 5) is 0. The van der Waals surface area contributed by atoms with Gasteiger partial charge in [-0.05, 0) is 30.9 Å². The molecular weight excluding hydrogens is 256 g/mol. The Kier molecular flexibility index (Phi) is 4.68. The highest BCUT2D eigenvalue weighted by Gasteiger charge is 2.25. The smallest absolute Gasteiger partial charge is 0.438 e. The predicted octanol–water partition coefficient (Wildman–Crippen LogP) is 4.23. The van der Waals surface area contributed by atoms with Crippen LogP contribution in [-0.4, -0.2) is 10.6 Å².